The Morgan fingerprint density at radius 1 is 0.938 bits per heavy atom. The van der Waals surface area contributed by atoms with E-state index in [1.807, 2.05) is 0 Å². The second-order valence-corrected chi connectivity index (χ2v) is 9.37. The number of nitrogens with one attached hydrogen (secondary N) is 1. The molecule has 2 aliphatic heterocycles. The Morgan fingerprint density at radius 3 is 2.19 bits per heavy atom. The second-order valence-electron chi connectivity index (χ2n) is 9.37. The maximum atomic E-state index is 12.6. The van der Waals surface area contributed by atoms with Crippen molar-refractivity contribution in [3.05, 3.63) is 70.8 Å². The summed E-state index contributed by atoms with van der Waals surface area (Å²) in [6.07, 6.45) is 6.03. The number of rotatable bonds is 4. The van der Waals surface area contributed by atoms with Gasteiger partial charge in [-0.15, -0.1) is 0 Å². The first-order chi connectivity index (χ1) is 15.7. The Balaban J connectivity index is 1.25. The number of aryl methyl sites for hydroxylation is 2. The van der Waals surface area contributed by atoms with Crippen molar-refractivity contribution >= 4 is 5.91 Å². The standard InChI is InChI=1S/C27H32N4O/c28-18-23-8-5-15-31(23)26(32)19-29-22-13-16-30(17-14-22)27-24-9-3-1-6-20(24)11-12-21-7-2-4-10-25(21)27/h1-4,6-7,9-10,22-23,27,29H,5,8,11-17,19H2/t23-/m0/s1. The van der Waals surface area contributed by atoms with Crippen LogP contribution >= 0.6 is 0 Å². The van der Waals surface area contributed by atoms with Gasteiger partial charge in [0.15, 0.2) is 0 Å². The van der Waals surface area contributed by atoms with Crippen molar-refractivity contribution in [3.63, 3.8) is 0 Å². The number of likely N-dealkylation sites (tertiary alicyclic amines) is 2. The van der Waals surface area contributed by atoms with Gasteiger partial charge in [0.2, 0.25) is 5.91 Å². The number of piperidine rings is 1. The highest BCUT2D eigenvalue weighted by atomic mass is 16.2. The molecule has 5 heteroatoms. The molecule has 0 unspecified atom stereocenters. The van der Waals surface area contributed by atoms with E-state index >= 15 is 0 Å². The van der Waals surface area contributed by atoms with Crippen LogP contribution in [0.2, 0.25) is 0 Å². The summed E-state index contributed by atoms with van der Waals surface area (Å²) < 4.78 is 0. The van der Waals surface area contributed by atoms with Crippen molar-refractivity contribution in [1.29, 1.82) is 5.26 Å². The van der Waals surface area contributed by atoms with Gasteiger partial charge in [-0.3, -0.25) is 9.69 Å². The van der Waals surface area contributed by atoms with E-state index in [2.05, 4.69) is 64.8 Å². The lowest BCUT2D eigenvalue weighted by molar-refractivity contribution is -0.130. The summed E-state index contributed by atoms with van der Waals surface area (Å²) in [5, 5.41) is 12.7. The molecular formula is C27H32N4O. The summed E-state index contributed by atoms with van der Waals surface area (Å²) in [6.45, 7) is 3.10. The van der Waals surface area contributed by atoms with Crippen molar-refractivity contribution in [2.75, 3.05) is 26.2 Å². The molecule has 0 bridgehead atoms. The number of hydrogen-bond donors (Lipinski definition) is 1. The average Bonchev–Trinajstić information content (AvgIpc) is 3.26. The fourth-order valence-corrected chi connectivity index (χ4v) is 5.78. The van der Waals surface area contributed by atoms with E-state index in [9.17, 15) is 10.1 Å². The lowest BCUT2D eigenvalue weighted by Gasteiger charge is -2.39. The molecule has 3 aliphatic rings. The number of nitriles is 1. The first-order valence-electron chi connectivity index (χ1n) is 12.1. The Bertz CT molecular complexity index is 957. The maximum Gasteiger partial charge on any atom is 0.237 e. The molecule has 166 valence electrons. The van der Waals surface area contributed by atoms with Crippen molar-refractivity contribution in [2.24, 2.45) is 0 Å². The largest absolute Gasteiger partial charge is 0.326 e. The molecule has 2 aromatic carbocycles. The van der Waals surface area contributed by atoms with Crippen LogP contribution in [0.5, 0.6) is 0 Å². The van der Waals surface area contributed by atoms with Gasteiger partial charge < -0.3 is 10.2 Å². The van der Waals surface area contributed by atoms with Crippen LogP contribution < -0.4 is 5.32 Å². The smallest absolute Gasteiger partial charge is 0.237 e. The highest BCUT2D eigenvalue weighted by Crippen LogP contribution is 2.38. The summed E-state index contributed by atoms with van der Waals surface area (Å²) in [5.74, 6) is 0.0723. The number of carbonyl (C=O) groups is 1. The fourth-order valence-electron chi connectivity index (χ4n) is 5.78. The Hall–Kier alpha value is -2.68. The van der Waals surface area contributed by atoms with Crippen molar-refractivity contribution in [2.45, 2.75) is 56.7 Å². The summed E-state index contributed by atoms with van der Waals surface area (Å²) in [7, 11) is 0. The molecule has 0 radical (unpaired) electrons. The molecule has 1 amide bonds. The Kier molecular flexibility index (Phi) is 6.25. The number of carbonyl (C=O) groups excluding carboxylic acids is 1. The first kappa shape index (κ1) is 21.2. The van der Waals surface area contributed by atoms with E-state index < -0.39 is 0 Å². The minimum atomic E-state index is -0.235. The summed E-state index contributed by atoms with van der Waals surface area (Å²) >= 11 is 0. The lowest BCUT2D eigenvalue weighted by Crippen LogP contribution is -2.48. The number of benzene rings is 2. The normalized spacial score (nSPS) is 22.1. The zero-order chi connectivity index (χ0) is 21.9. The van der Waals surface area contributed by atoms with E-state index in [4.69, 9.17) is 0 Å². The van der Waals surface area contributed by atoms with Crippen molar-refractivity contribution < 1.29 is 4.79 Å². The Labute approximate surface area is 191 Å². The molecule has 2 saturated heterocycles. The zero-order valence-corrected chi connectivity index (χ0v) is 18.7. The van der Waals surface area contributed by atoms with Gasteiger partial charge in [0.25, 0.3) is 0 Å². The third-order valence-corrected chi connectivity index (χ3v) is 7.52. The van der Waals surface area contributed by atoms with E-state index in [0.29, 0.717) is 18.6 Å². The van der Waals surface area contributed by atoms with Gasteiger partial charge in [0, 0.05) is 25.7 Å². The van der Waals surface area contributed by atoms with Crippen LogP contribution in [0.3, 0.4) is 0 Å². The minimum absolute atomic E-state index is 0.0723. The highest BCUT2D eigenvalue weighted by Gasteiger charge is 2.32. The molecule has 1 N–H and O–H groups in total. The topological polar surface area (TPSA) is 59.4 Å². The van der Waals surface area contributed by atoms with E-state index in [1.54, 1.807) is 4.90 Å². The van der Waals surface area contributed by atoms with Gasteiger partial charge in [-0.05, 0) is 60.8 Å². The van der Waals surface area contributed by atoms with Gasteiger partial charge >= 0.3 is 0 Å². The SMILES string of the molecule is N#C[C@@H]1CCCN1C(=O)CNC1CCN(C2c3ccccc3CCc3ccccc32)CC1. The zero-order valence-electron chi connectivity index (χ0n) is 18.7. The molecular weight excluding hydrogens is 396 g/mol. The van der Waals surface area contributed by atoms with Gasteiger partial charge in [0.1, 0.15) is 6.04 Å². The van der Waals surface area contributed by atoms with Crippen molar-refractivity contribution in [1.82, 2.24) is 15.1 Å². The van der Waals surface area contributed by atoms with Crippen LogP contribution in [0.25, 0.3) is 0 Å². The predicted octanol–water partition coefficient (Wildman–Crippen LogP) is 3.44. The molecule has 2 fully saturated rings. The monoisotopic (exact) mass is 428 g/mol. The molecule has 0 saturated carbocycles. The van der Waals surface area contributed by atoms with Crippen LogP contribution in [0.1, 0.15) is 54.0 Å². The highest BCUT2D eigenvalue weighted by molar-refractivity contribution is 5.79. The van der Waals surface area contributed by atoms with Crippen LogP contribution in [0, 0.1) is 11.3 Å². The third kappa shape index (κ3) is 4.18. The van der Waals surface area contributed by atoms with Crippen molar-refractivity contribution in [3.8, 4) is 6.07 Å². The summed E-state index contributed by atoms with van der Waals surface area (Å²) in [6, 6.07) is 20.6. The lowest BCUT2D eigenvalue weighted by atomic mass is 9.91. The number of hydrogen-bond acceptors (Lipinski definition) is 4. The Morgan fingerprint density at radius 2 is 1.56 bits per heavy atom. The minimum Gasteiger partial charge on any atom is -0.326 e. The molecule has 1 atom stereocenters. The average molecular weight is 429 g/mol. The predicted molar refractivity (Wildman–Crippen MR) is 125 cm³/mol. The van der Waals surface area contributed by atoms with Gasteiger partial charge in [-0.25, -0.2) is 0 Å². The first-order valence-corrected chi connectivity index (χ1v) is 12.1. The maximum absolute atomic E-state index is 12.6. The molecule has 2 aromatic rings. The van der Waals surface area contributed by atoms with E-state index in [-0.39, 0.29) is 11.9 Å². The van der Waals surface area contributed by atoms with Crippen LogP contribution in [-0.2, 0) is 17.6 Å². The molecule has 1 aliphatic carbocycles. The van der Waals surface area contributed by atoms with E-state index in [0.717, 1.165) is 58.2 Å². The number of fused-ring (bicyclic) bond motifs is 2. The molecule has 0 spiro atoms. The van der Waals surface area contributed by atoms with Crippen LogP contribution in [0.15, 0.2) is 48.5 Å². The second kappa shape index (κ2) is 9.44. The molecule has 32 heavy (non-hydrogen) atoms. The fraction of sp³-hybridized carbons (Fsp3) is 0.481. The third-order valence-electron chi connectivity index (χ3n) is 7.52. The number of amides is 1. The van der Waals surface area contributed by atoms with Gasteiger partial charge in [-0.2, -0.15) is 5.26 Å². The molecule has 0 aromatic heterocycles. The van der Waals surface area contributed by atoms with Gasteiger partial charge in [-0.1, -0.05) is 48.5 Å². The van der Waals surface area contributed by atoms with Crippen LogP contribution in [-0.4, -0.2) is 54.0 Å². The summed E-state index contributed by atoms with van der Waals surface area (Å²) in [4.78, 5) is 17.0. The van der Waals surface area contributed by atoms with E-state index in [1.165, 1.54) is 22.3 Å². The molecule has 5 nitrogen and oxygen atoms in total. The quantitative estimate of drug-likeness (QED) is 0.811. The van der Waals surface area contributed by atoms with Crippen LogP contribution in [0.4, 0.5) is 0 Å². The summed E-state index contributed by atoms with van der Waals surface area (Å²) in [5.41, 5.74) is 5.85. The molecule has 2 heterocycles. The van der Waals surface area contributed by atoms with Gasteiger partial charge in [0.05, 0.1) is 18.7 Å². The number of nitrogens with zero attached hydrogens (tertiary/aromatic N) is 3. The molecule has 5 rings (SSSR count).